The van der Waals surface area contributed by atoms with Gasteiger partial charge in [-0.15, -0.1) is 0 Å². The maximum Gasteiger partial charge on any atom is 0.330 e. The molecule has 4 aromatic carbocycles. The molecule has 0 saturated carbocycles. The number of hydrogen-bond donors (Lipinski definition) is 0. The summed E-state index contributed by atoms with van der Waals surface area (Å²) in [5.74, 6) is 14.5. The smallest absolute Gasteiger partial charge is 0.330 e. The van der Waals surface area contributed by atoms with Gasteiger partial charge >= 0.3 is 5.97 Å². The average Bonchev–Trinajstić information content (AvgIpc) is 3.04. The van der Waals surface area contributed by atoms with E-state index in [1.165, 1.54) is 11.6 Å². The van der Waals surface area contributed by atoms with Crippen molar-refractivity contribution in [3.8, 4) is 35.2 Å². The summed E-state index contributed by atoms with van der Waals surface area (Å²) in [6.07, 6.45) is 5.91. The number of benzene rings is 4. The van der Waals surface area contributed by atoms with Crippen LogP contribution in [0.15, 0.2) is 91.5 Å². The molecular weight excluding hydrogens is 520 g/mol. The fraction of sp³-hybridized carbons (Fsp3) is 0.237. The van der Waals surface area contributed by atoms with Crippen LogP contribution in [0.5, 0.6) is 11.5 Å². The van der Waals surface area contributed by atoms with E-state index in [1.54, 1.807) is 7.11 Å². The van der Waals surface area contributed by atoms with Gasteiger partial charge in [-0.1, -0.05) is 49.3 Å². The molecule has 0 fully saturated rings. The molecule has 0 aliphatic rings. The highest BCUT2D eigenvalue weighted by molar-refractivity contribution is 5.85. The van der Waals surface area contributed by atoms with E-state index in [2.05, 4.69) is 79.6 Å². The minimum absolute atomic E-state index is 0.363. The Morgan fingerprint density at radius 3 is 2.10 bits per heavy atom. The molecule has 42 heavy (non-hydrogen) atoms. The second-order valence-corrected chi connectivity index (χ2v) is 9.81. The minimum atomic E-state index is -0.363. The number of carbonyl (C=O) groups excluding carboxylic acids is 1. The number of methoxy groups -OCH3 is 1. The normalized spacial score (nSPS) is 10.1. The van der Waals surface area contributed by atoms with Crippen LogP contribution in [-0.4, -0.2) is 26.3 Å². The number of ether oxygens (including phenoxy) is 3. The Bertz CT molecular complexity index is 1640. The summed E-state index contributed by atoms with van der Waals surface area (Å²) in [6.45, 7) is 6.63. The molecule has 0 atom stereocenters. The van der Waals surface area contributed by atoms with Gasteiger partial charge in [0.25, 0.3) is 0 Å². The molecule has 4 heteroatoms. The van der Waals surface area contributed by atoms with Crippen molar-refractivity contribution in [1.29, 1.82) is 0 Å². The molecule has 212 valence electrons. The van der Waals surface area contributed by atoms with E-state index in [-0.39, 0.29) is 5.97 Å². The molecule has 4 rings (SSSR count). The number of rotatable bonds is 11. The zero-order valence-electron chi connectivity index (χ0n) is 24.4. The minimum Gasteiger partial charge on any atom is -0.497 e. The van der Waals surface area contributed by atoms with Gasteiger partial charge in [0.1, 0.15) is 11.5 Å². The van der Waals surface area contributed by atoms with Gasteiger partial charge in [-0.05, 0) is 115 Å². The Morgan fingerprint density at radius 2 is 1.33 bits per heavy atom. The molecule has 4 nitrogen and oxygen atoms in total. The number of fused-ring (bicyclic) bond motifs is 1. The van der Waals surface area contributed by atoms with Crippen molar-refractivity contribution in [3.05, 3.63) is 119 Å². The first-order chi connectivity index (χ1) is 20.6. The summed E-state index contributed by atoms with van der Waals surface area (Å²) in [5, 5.41) is 2.25. The SMILES string of the molecule is C=CC(=O)OCCCCCCOc1ccc2cc(C#Cc3ccc(C#Cc4ccc(OC)cc4)cc3CC)ccc2c1. The molecular formula is C38H36O4. The molecule has 0 saturated heterocycles. The number of carbonyl (C=O) groups is 1. The summed E-state index contributed by atoms with van der Waals surface area (Å²) in [7, 11) is 1.66. The summed E-state index contributed by atoms with van der Waals surface area (Å²) in [5.41, 5.74) is 5.10. The van der Waals surface area contributed by atoms with Crippen LogP contribution in [0.3, 0.4) is 0 Å². The second-order valence-electron chi connectivity index (χ2n) is 9.81. The molecule has 0 heterocycles. The second kappa shape index (κ2) is 15.8. The third-order valence-corrected chi connectivity index (χ3v) is 6.80. The van der Waals surface area contributed by atoms with Crippen LogP contribution >= 0.6 is 0 Å². The van der Waals surface area contributed by atoms with E-state index in [0.29, 0.717) is 13.2 Å². The van der Waals surface area contributed by atoms with Gasteiger partial charge in [0.15, 0.2) is 0 Å². The van der Waals surface area contributed by atoms with E-state index in [9.17, 15) is 4.79 Å². The maximum absolute atomic E-state index is 11.0. The van der Waals surface area contributed by atoms with Crippen LogP contribution in [0.25, 0.3) is 10.8 Å². The summed E-state index contributed by atoms with van der Waals surface area (Å²) in [6, 6.07) is 26.4. The van der Waals surface area contributed by atoms with Crippen molar-refractivity contribution in [3.63, 3.8) is 0 Å². The maximum atomic E-state index is 11.0. The monoisotopic (exact) mass is 556 g/mol. The van der Waals surface area contributed by atoms with Gasteiger partial charge in [-0.2, -0.15) is 0 Å². The van der Waals surface area contributed by atoms with Crippen LogP contribution in [0, 0.1) is 23.7 Å². The third kappa shape index (κ3) is 9.05. The van der Waals surface area contributed by atoms with Gasteiger partial charge in [0, 0.05) is 28.3 Å². The van der Waals surface area contributed by atoms with Crippen molar-refractivity contribution >= 4 is 16.7 Å². The van der Waals surface area contributed by atoms with E-state index in [1.807, 2.05) is 36.4 Å². The molecule has 0 bridgehead atoms. The summed E-state index contributed by atoms with van der Waals surface area (Å²) in [4.78, 5) is 11.0. The van der Waals surface area contributed by atoms with Crippen LogP contribution in [0.4, 0.5) is 0 Å². The first-order valence-corrected chi connectivity index (χ1v) is 14.3. The zero-order chi connectivity index (χ0) is 29.6. The largest absolute Gasteiger partial charge is 0.497 e. The van der Waals surface area contributed by atoms with Gasteiger partial charge in [-0.25, -0.2) is 4.79 Å². The molecule has 0 aliphatic carbocycles. The fourth-order valence-corrected chi connectivity index (χ4v) is 4.41. The highest BCUT2D eigenvalue weighted by Gasteiger charge is 2.02. The van der Waals surface area contributed by atoms with Crippen LogP contribution in [0.2, 0.25) is 0 Å². The lowest BCUT2D eigenvalue weighted by atomic mass is 10.0. The lowest BCUT2D eigenvalue weighted by Crippen LogP contribution is -2.02. The standard InChI is InChI=1S/C38H36O4/c1-4-32-26-30(11-10-29-15-21-36(40-3)22-16-29)12-17-33(32)18-13-31-14-19-35-28-37(23-20-34(35)27-31)41-24-8-6-7-9-25-42-38(39)5-2/h5,12,14-17,19-23,26-28H,2,4,6-9,24-25H2,1,3H3. The molecule has 0 amide bonds. The van der Waals surface area contributed by atoms with Crippen molar-refractivity contribution in [1.82, 2.24) is 0 Å². The van der Waals surface area contributed by atoms with Crippen LogP contribution in [-0.2, 0) is 16.0 Å². The molecule has 0 aromatic heterocycles. The number of unbranched alkanes of at least 4 members (excludes halogenated alkanes) is 3. The lowest BCUT2D eigenvalue weighted by Gasteiger charge is -2.08. The van der Waals surface area contributed by atoms with E-state index in [4.69, 9.17) is 14.2 Å². The number of esters is 1. The Kier molecular flexibility index (Phi) is 11.3. The van der Waals surface area contributed by atoms with Gasteiger partial charge in [-0.3, -0.25) is 0 Å². The van der Waals surface area contributed by atoms with Crippen molar-refractivity contribution < 1.29 is 19.0 Å². The molecule has 0 radical (unpaired) electrons. The van der Waals surface area contributed by atoms with Crippen LogP contribution < -0.4 is 9.47 Å². The van der Waals surface area contributed by atoms with Crippen LogP contribution in [0.1, 0.15) is 60.4 Å². The number of hydrogen-bond acceptors (Lipinski definition) is 4. The van der Waals surface area contributed by atoms with Crippen molar-refractivity contribution in [2.45, 2.75) is 39.0 Å². The topological polar surface area (TPSA) is 44.8 Å². The first-order valence-electron chi connectivity index (χ1n) is 14.3. The predicted octanol–water partition coefficient (Wildman–Crippen LogP) is 7.88. The highest BCUT2D eigenvalue weighted by Crippen LogP contribution is 2.22. The summed E-state index contributed by atoms with van der Waals surface area (Å²) >= 11 is 0. The van der Waals surface area contributed by atoms with Gasteiger partial charge < -0.3 is 14.2 Å². The third-order valence-electron chi connectivity index (χ3n) is 6.80. The van der Waals surface area contributed by atoms with E-state index < -0.39 is 0 Å². The van der Waals surface area contributed by atoms with Gasteiger partial charge in [0.05, 0.1) is 20.3 Å². The summed E-state index contributed by atoms with van der Waals surface area (Å²) < 4.78 is 16.2. The lowest BCUT2D eigenvalue weighted by molar-refractivity contribution is -0.137. The molecule has 0 N–H and O–H groups in total. The number of aryl methyl sites for hydroxylation is 1. The van der Waals surface area contributed by atoms with E-state index in [0.717, 1.165) is 76.6 Å². The zero-order valence-corrected chi connectivity index (χ0v) is 24.4. The first kappa shape index (κ1) is 30.0. The fourth-order valence-electron chi connectivity index (χ4n) is 4.41. The molecule has 4 aromatic rings. The molecule has 0 unspecified atom stereocenters. The van der Waals surface area contributed by atoms with Crippen molar-refractivity contribution in [2.24, 2.45) is 0 Å². The highest BCUT2D eigenvalue weighted by atomic mass is 16.5. The Hall–Kier alpha value is -4.93. The average molecular weight is 557 g/mol. The quantitative estimate of drug-likeness (QED) is 0.0816. The molecule has 0 aliphatic heterocycles. The Morgan fingerprint density at radius 1 is 0.714 bits per heavy atom. The predicted molar refractivity (Wildman–Crippen MR) is 170 cm³/mol. The van der Waals surface area contributed by atoms with Crippen molar-refractivity contribution in [2.75, 3.05) is 20.3 Å². The van der Waals surface area contributed by atoms with E-state index >= 15 is 0 Å². The Balaban J connectivity index is 1.33. The molecule has 0 spiro atoms. The van der Waals surface area contributed by atoms with Gasteiger partial charge in [0.2, 0.25) is 0 Å². The Labute approximate surface area is 249 Å².